The fourth-order valence-electron chi connectivity index (χ4n) is 3.46. The van der Waals surface area contributed by atoms with Gasteiger partial charge in [0.25, 0.3) is 0 Å². The van der Waals surface area contributed by atoms with Gasteiger partial charge in [0.15, 0.2) is 11.6 Å². The van der Waals surface area contributed by atoms with Crippen LogP contribution >= 0.6 is 0 Å². The smallest absolute Gasteiger partial charge is 0.406 e. The zero-order valence-electron chi connectivity index (χ0n) is 17.6. The average Bonchev–Trinajstić information content (AvgIpc) is 3.21. The maximum atomic E-state index is 12.4. The van der Waals surface area contributed by atoms with Gasteiger partial charge in [-0.2, -0.15) is 10.2 Å². The topological polar surface area (TPSA) is 95.6 Å². The number of fused-ring (bicyclic) bond motifs is 1. The van der Waals surface area contributed by atoms with Crippen LogP contribution in [0.1, 0.15) is 17.0 Å². The predicted octanol–water partition coefficient (Wildman–Crippen LogP) is 3.91. The van der Waals surface area contributed by atoms with Gasteiger partial charge < -0.3 is 10.5 Å². The van der Waals surface area contributed by atoms with Crippen LogP contribution in [0.4, 0.5) is 19.0 Å². The van der Waals surface area contributed by atoms with E-state index in [1.807, 2.05) is 19.9 Å². The van der Waals surface area contributed by atoms with E-state index in [2.05, 4.69) is 24.9 Å². The lowest BCUT2D eigenvalue weighted by molar-refractivity contribution is -0.274. The third-order valence-corrected chi connectivity index (χ3v) is 4.73. The number of hydrogen-bond donors (Lipinski definition) is 1. The van der Waals surface area contributed by atoms with Gasteiger partial charge in [0.05, 0.1) is 11.4 Å². The molecule has 166 valence electrons. The molecule has 0 saturated carbocycles. The third kappa shape index (κ3) is 4.41. The van der Waals surface area contributed by atoms with Crippen molar-refractivity contribution in [3.63, 3.8) is 0 Å². The molecular weight excluding hydrogens is 423 g/mol. The molecule has 1 aliphatic heterocycles. The Labute approximate surface area is 181 Å². The van der Waals surface area contributed by atoms with E-state index in [0.717, 1.165) is 17.0 Å². The highest BCUT2D eigenvalue weighted by Crippen LogP contribution is 2.33. The van der Waals surface area contributed by atoms with Gasteiger partial charge in [0, 0.05) is 42.6 Å². The van der Waals surface area contributed by atoms with Crippen molar-refractivity contribution in [1.29, 1.82) is 0 Å². The van der Waals surface area contributed by atoms with E-state index in [9.17, 15) is 13.2 Å². The molecule has 0 spiro atoms. The lowest BCUT2D eigenvalue weighted by Gasteiger charge is -2.09. The van der Waals surface area contributed by atoms with Gasteiger partial charge in [-0.15, -0.1) is 13.2 Å². The molecule has 2 aromatic heterocycles. The van der Waals surface area contributed by atoms with E-state index in [1.165, 1.54) is 24.3 Å². The first-order valence-electron chi connectivity index (χ1n) is 9.65. The number of nitrogens with two attached hydrogens (primary N) is 1. The van der Waals surface area contributed by atoms with Crippen molar-refractivity contribution in [2.24, 2.45) is 22.8 Å². The number of nitrogens with zero attached hydrogens (tertiary/aromatic N) is 6. The van der Waals surface area contributed by atoms with Crippen molar-refractivity contribution < 1.29 is 17.9 Å². The Kier molecular flexibility index (Phi) is 5.33. The first kappa shape index (κ1) is 21.3. The van der Waals surface area contributed by atoms with Gasteiger partial charge in [-0.1, -0.05) is 0 Å². The zero-order chi connectivity index (χ0) is 23.0. The maximum absolute atomic E-state index is 12.4. The second-order valence-electron chi connectivity index (χ2n) is 7.24. The minimum absolute atomic E-state index is 0.219. The molecule has 0 fully saturated rings. The van der Waals surface area contributed by atoms with Gasteiger partial charge in [-0.3, -0.25) is 4.68 Å². The third-order valence-electron chi connectivity index (χ3n) is 4.73. The van der Waals surface area contributed by atoms with Gasteiger partial charge in [0.1, 0.15) is 11.6 Å². The van der Waals surface area contributed by atoms with Crippen molar-refractivity contribution >= 4 is 23.7 Å². The van der Waals surface area contributed by atoms with E-state index in [1.54, 1.807) is 28.7 Å². The molecule has 0 atom stereocenters. The summed E-state index contributed by atoms with van der Waals surface area (Å²) >= 11 is 0. The van der Waals surface area contributed by atoms with Crippen molar-refractivity contribution in [3.05, 3.63) is 53.4 Å². The number of aromatic nitrogens is 4. The SMILES string of the molecule is Cc1cc(C)n(C2=CC(N)=Nc3c(c(-c4ccc(OC(F)(F)F)cc4)nn3C)CC=N2)n1. The number of rotatable bonds is 3. The van der Waals surface area contributed by atoms with Crippen molar-refractivity contribution in [1.82, 2.24) is 19.6 Å². The van der Waals surface area contributed by atoms with Gasteiger partial charge in [-0.25, -0.2) is 14.7 Å². The van der Waals surface area contributed by atoms with Crippen LogP contribution < -0.4 is 10.5 Å². The van der Waals surface area contributed by atoms with E-state index in [0.29, 0.717) is 29.3 Å². The van der Waals surface area contributed by atoms with Crippen LogP contribution in [0.15, 0.2) is 46.4 Å². The van der Waals surface area contributed by atoms with Crippen molar-refractivity contribution in [2.75, 3.05) is 0 Å². The Morgan fingerprint density at radius 3 is 2.44 bits per heavy atom. The Morgan fingerprint density at radius 1 is 1.09 bits per heavy atom. The summed E-state index contributed by atoms with van der Waals surface area (Å²) in [5.74, 6) is 0.967. The Balaban J connectivity index is 1.71. The summed E-state index contributed by atoms with van der Waals surface area (Å²) in [5.41, 5.74) is 9.84. The molecular formula is C21H20F3N7O. The molecule has 2 N–H and O–H groups in total. The zero-order valence-corrected chi connectivity index (χ0v) is 17.6. The normalized spacial score (nSPS) is 14.2. The number of benzene rings is 1. The summed E-state index contributed by atoms with van der Waals surface area (Å²) in [4.78, 5) is 9.04. The Morgan fingerprint density at radius 2 is 1.81 bits per heavy atom. The van der Waals surface area contributed by atoms with E-state index in [-0.39, 0.29) is 11.6 Å². The second-order valence-corrected chi connectivity index (χ2v) is 7.24. The molecule has 0 amide bonds. The summed E-state index contributed by atoms with van der Waals surface area (Å²) < 4.78 is 44.5. The van der Waals surface area contributed by atoms with Gasteiger partial charge >= 0.3 is 6.36 Å². The molecule has 1 aromatic carbocycles. The molecule has 0 saturated heterocycles. The van der Waals surface area contributed by atoms with Crippen LogP contribution in [0.2, 0.25) is 0 Å². The average molecular weight is 443 g/mol. The highest BCUT2D eigenvalue weighted by Gasteiger charge is 2.31. The summed E-state index contributed by atoms with van der Waals surface area (Å²) in [5, 5.41) is 8.94. The van der Waals surface area contributed by atoms with Gasteiger partial charge in [0.2, 0.25) is 0 Å². The van der Waals surface area contributed by atoms with Gasteiger partial charge in [-0.05, 0) is 44.2 Å². The molecule has 11 heteroatoms. The van der Waals surface area contributed by atoms with E-state index >= 15 is 0 Å². The molecule has 1 aliphatic rings. The van der Waals surface area contributed by atoms with E-state index in [4.69, 9.17) is 5.73 Å². The largest absolute Gasteiger partial charge is 0.573 e. The molecule has 0 bridgehead atoms. The lowest BCUT2D eigenvalue weighted by atomic mass is 10.1. The number of aliphatic imine (C=N–C) groups is 2. The van der Waals surface area contributed by atoms with Crippen LogP contribution in [0, 0.1) is 13.8 Å². The standard InChI is InChI=1S/C21H20F3N7O/c1-12-10-13(2)31(28-12)18-11-17(25)27-20-16(8-9-26-18)19(29-30(20)3)14-4-6-15(7-5-14)32-21(22,23)24/h4-7,9-11H,8H2,1-3H3,(H2,25,27). The first-order chi connectivity index (χ1) is 15.1. The predicted molar refractivity (Wildman–Crippen MR) is 115 cm³/mol. The molecule has 3 aromatic rings. The minimum Gasteiger partial charge on any atom is -0.406 e. The van der Waals surface area contributed by atoms with Crippen molar-refractivity contribution in [2.45, 2.75) is 26.6 Å². The van der Waals surface area contributed by atoms with Crippen LogP contribution in [-0.4, -0.2) is 38.0 Å². The van der Waals surface area contributed by atoms with Crippen LogP contribution in [0.3, 0.4) is 0 Å². The molecule has 0 aliphatic carbocycles. The highest BCUT2D eigenvalue weighted by molar-refractivity contribution is 5.98. The fourth-order valence-corrected chi connectivity index (χ4v) is 3.46. The molecule has 32 heavy (non-hydrogen) atoms. The Hall–Kier alpha value is -3.89. The van der Waals surface area contributed by atoms with Crippen LogP contribution in [-0.2, 0) is 13.5 Å². The second kappa shape index (κ2) is 7.98. The monoisotopic (exact) mass is 443 g/mol. The maximum Gasteiger partial charge on any atom is 0.573 e. The van der Waals surface area contributed by atoms with E-state index < -0.39 is 6.36 Å². The highest BCUT2D eigenvalue weighted by atomic mass is 19.4. The number of hydrogen-bond acceptors (Lipinski definition) is 6. The first-order valence-corrected chi connectivity index (χ1v) is 9.65. The number of aryl methyl sites for hydroxylation is 3. The molecule has 3 heterocycles. The number of amidine groups is 1. The van der Waals surface area contributed by atoms with Crippen LogP contribution in [0.5, 0.6) is 5.75 Å². The van der Waals surface area contributed by atoms with Crippen molar-refractivity contribution in [3.8, 4) is 17.0 Å². The number of halogens is 3. The number of alkyl halides is 3. The summed E-state index contributed by atoms with van der Waals surface area (Å²) in [6.45, 7) is 3.80. The minimum atomic E-state index is -4.75. The molecule has 0 radical (unpaired) electrons. The summed E-state index contributed by atoms with van der Waals surface area (Å²) in [6, 6.07) is 7.44. The lowest BCUT2D eigenvalue weighted by Crippen LogP contribution is -2.16. The molecule has 8 nitrogen and oxygen atoms in total. The van der Waals surface area contributed by atoms with Crippen LogP contribution in [0.25, 0.3) is 17.1 Å². The number of ether oxygens (including phenoxy) is 1. The Bertz CT molecular complexity index is 1250. The quantitative estimate of drug-likeness (QED) is 0.664. The fraction of sp³-hybridized carbons (Fsp3) is 0.238. The molecule has 0 unspecified atom stereocenters. The summed E-state index contributed by atoms with van der Waals surface area (Å²) in [6.07, 6.45) is -1.03. The summed E-state index contributed by atoms with van der Waals surface area (Å²) in [7, 11) is 1.72. The molecule has 4 rings (SSSR count).